The number of nitrogens with zero attached hydrogens (tertiary/aromatic N) is 2. The molecule has 0 spiro atoms. The lowest BCUT2D eigenvalue weighted by Gasteiger charge is -2.32. The molecule has 2 aromatic rings. The van der Waals surface area contributed by atoms with Crippen molar-refractivity contribution < 1.29 is 18.0 Å². The van der Waals surface area contributed by atoms with Crippen LogP contribution in [0.5, 0.6) is 0 Å². The zero-order valence-electron chi connectivity index (χ0n) is 18.3. The van der Waals surface area contributed by atoms with E-state index < -0.39 is 15.9 Å². The smallest absolute Gasteiger partial charge is 0.252 e. The van der Waals surface area contributed by atoms with E-state index in [2.05, 4.69) is 5.32 Å². The van der Waals surface area contributed by atoms with Gasteiger partial charge in [0.1, 0.15) is 4.21 Å². The van der Waals surface area contributed by atoms with E-state index in [1.807, 2.05) is 39.0 Å². The summed E-state index contributed by atoms with van der Waals surface area (Å²) in [5, 5.41) is 2.89. The summed E-state index contributed by atoms with van der Waals surface area (Å²) in [4.78, 5) is 27.8. The third-order valence-electron chi connectivity index (χ3n) is 5.55. The van der Waals surface area contributed by atoms with Gasteiger partial charge < -0.3 is 10.2 Å². The van der Waals surface area contributed by atoms with Crippen LogP contribution in [-0.2, 0) is 19.6 Å². The maximum Gasteiger partial charge on any atom is 0.252 e. The Bertz CT molecular complexity index is 1060. The molecule has 1 aliphatic heterocycles. The highest BCUT2D eigenvalue weighted by Gasteiger charge is 2.35. The fourth-order valence-electron chi connectivity index (χ4n) is 3.84. The Morgan fingerprint density at radius 3 is 2.45 bits per heavy atom. The van der Waals surface area contributed by atoms with Gasteiger partial charge in [0.2, 0.25) is 11.8 Å². The second kappa shape index (κ2) is 9.50. The first kappa shape index (κ1) is 23.4. The lowest BCUT2D eigenvalue weighted by atomic mass is 9.98. The third kappa shape index (κ3) is 5.34. The van der Waals surface area contributed by atoms with E-state index in [-0.39, 0.29) is 24.9 Å². The van der Waals surface area contributed by atoms with Crippen LogP contribution >= 0.6 is 11.3 Å². The second-order valence-corrected chi connectivity index (χ2v) is 11.5. The van der Waals surface area contributed by atoms with Gasteiger partial charge >= 0.3 is 0 Å². The molecule has 9 heteroatoms. The molecule has 1 aromatic carbocycles. The molecule has 7 nitrogen and oxygen atoms in total. The summed E-state index contributed by atoms with van der Waals surface area (Å²) in [6.07, 6.45) is 1.22. The van der Waals surface area contributed by atoms with E-state index in [1.54, 1.807) is 19.2 Å². The minimum atomic E-state index is -3.60. The fraction of sp³-hybridized carbons (Fsp3) is 0.455. The topological polar surface area (TPSA) is 86.8 Å². The summed E-state index contributed by atoms with van der Waals surface area (Å²) >= 11 is 1.24. The minimum absolute atomic E-state index is 0.0834. The van der Waals surface area contributed by atoms with Crippen molar-refractivity contribution in [1.82, 2.24) is 9.21 Å². The molecule has 0 radical (unpaired) electrons. The van der Waals surface area contributed by atoms with Crippen molar-refractivity contribution >= 4 is 38.9 Å². The summed E-state index contributed by atoms with van der Waals surface area (Å²) in [5.74, 6) is -0.941. The fourth-order valence-corrected chi connectivity index (χ4v) is 6.80. The predicted octanol–water partition coefficient (Wildman–Crippen LogP) is 3.17. The van der Waals surface area contributed by atoms with Crippen LogP contribution in [0.4, 0.5) is 5.69 Å². The van der Waals surface area contributed by atoms with Crippen molar-refractivity contribution in [3.63, 3.8) is 0 Å². The highest BCUT2D eigenvalue weighted by molar-refractivity contribution is 7.91. The number of aryl methyl sites for hydroxylation is 3. The molecule has 1 atom stereocenters. The first-order valence-corrected chi connectivity index (χ1v) is 12.5. The van der Waals surface area contributed by atoms with Gasteiger partial charge in [-0.2, -0.15) is 4.31 Å². The zero-order valence-corrected chi connectivity index (χ0v) is 20.0. The Hall–Kier alpha value is -2.23. The van der Waals surface area contributed by atoms with E-state index in [0.717, 1.165) is 21.7 Å². The number of carbonyl (C=O) groups is 2. The molecule has 2 heterocycles. The number of carbonyl (C=O) groups excluding carboxylic acids is 2. The number of hydrogen-bond acceptors (Lipinski definition) is 5. The van der Waals surface area contributed by atoms with Gasteiger partial charge in [-0.05, 0) is 56.9 Å². The number of amides is 2. The van der Waals surface area contributed by atoms with Gasteiger partial charge in [0, 0.05) is 30.7 Å². The van der Waals surface area contributed by atoms with Gasteiger partial charge in [-0.1, -0.05) is 18.2 Å². The molecule has 1 saturated heterocycles. The number of rotatable bonds is 6. The van der Waals surface area contributed by atoms with E-state index in [4.69, 9.17) is 0 Å². The van der Waals surface area contributed by atoms with Crippen molar-refractivity contribution in [3.05, 3.63) is 46.3 Å². The molecule has 0 unspecified atom stereocenters. The van der Waals surface area contributed by atoms with Crippen LogP contribution in [-0.4, -0.2) is 56.1 Å². The average Bonchev–Trinajstić information content (AvgIpc) is 3.17. The van der Waals surface area contributed by atoms with E-state index >= 15 is 0 Å². The number of para-hydroxylation sites is 1. The Morgan fingerprint density at radius 1 is 1.16 bits per heavy atom. The van der Waals surface area contributed by atoms with Crippen LogP contribution in [0.1, 0.15) is 28.8 Å². The molecule has 31 heavy (non-hydrogen) atoms. The van der Waals surface area contributed by atoms with Gasteiger partial charge in [-0.15, -0.1) is 11.3 Å². The Balaban J connectivity index is 1.63. The van der Waals surface area contributed by atoms with Gasteiger partial charge in [0.15, 0.2) is 0 Å². The molecule has 1 fully saturated rings. The molecule has 0 bridgehead atoms. The maximum absolute atomic E-state index is 13.0. The third-order valence-corrected chi connectivity index (χ3v) is 8.88. The largest absolute Gasteiger partial charge is 0.336 e. The van der Waals surface area contributed by atoms with Gasteiger partial charge in [-0.3, -0.25) is 9.59 Å². The van der Waals surface area contributed by atoms with Crippen molar-refractivity contribution in [3.8, 4) is 0 Å². The maximum atomic E-state index is 13.0. The van der Waals surface area contributed by atoms with Crippen LogP contribution in [0.25, 0.3) is 0 Å². The monoisotopic (exact) mass is 463 g/mol. The van der Waals surface area contributed by atoms with Crippen LogP contribution in [0.15, 0.2) is 34.5 Å². The molecule has 1 N–H and O–H groups in total. The molecule has 1 aromatic heterocycles. The number of anilines is 1. The number of sulfonamides is 1. The molecule has 0 aliphatic carbocycles. The number of likely N-dealkylation sites (N-methyl/N-ethyl adjacent to an activating group) is 1. The van der Waals surface area contributed by atoms with Crippen LogP contribution in [0.2, 0.25) is 0 Å². The Morgan fingerprint density at radius 2 is 1.84 bits per heavy atom. The quantitative estimate of drug-likeness (QED) is 0.713. The Labute approximate surface area is 188 Å². The van der Waals surface area contributed by atoms with Crippen molar-refractivity contribution in [1.29, 1.82) is 0 Å². The molecule has 168 valence electrons. The number of nitrogens with one attached hydrogen (secondary N) is 1. The summed E-state index contributed by atoms with van der Waals surface area (Å²) in [6, 6.07) is 9.17. The summed E-state index contributed by atoms with van der Waals surface area (Å²) in [5.41, 5.74) is 2.67. The average molecular weight is 464 g/mol. The number of piperidine rings is 1. The zero-order chi connectivity index (χ0) is 22.8. The molecule has 3 rings (SSSR count). The Kier molecular flexibility index (Phi) is 7.18. The molecule has 2 amide bonds. The predicted molar refractivity (Wildman–Crippen MR) is 123 cm³/mol. The number of thiophene rings is 1. The lowest BCUT2D eigenvalue weighted by Crippen LogP contribution is -2.47. The standard InChI is InChI=1S/C22H29N3O4S2/c1-15-7-5-8-16(2)21(15)23-19(26)14-24(4)22(27)18-9-6-12-25(13-18)31(28,29)20-11-10-17(3)30-20/h5,7-8,10-11,18H,6,9,12-14H2,1-4H3,(H,23,26)/t18-/m0/s1. The van der Waals surface area contributed by atoms with Crippen LogP contribution < -0.4 is 5.32 Å². The first-order chi connectivity index (χ1) is 14.6. The molecular formula is C22H29N3O4S2. The second-order valence-electron chi connectivity index (χ2n) is 8.08. The lowest BCUT2D eigenvalue weighted by molar-refractivity contribution is -0.138. The van der Waals surface area contributed by atoms with Gasteiger partial charge in [0.25, 0.3) is 10.0 Å². The highest BCUT2D eigenvalue weighted by Crippen LogP contribution is 2.29. The SMILES string of the molecule is Cc1ccc(S(=O)(=O)N2CCC[C@H](C(=O)N(C)CC(=O)Nc3c(C)cccc3C)C2)s1. The normalized spacial score (nSPS) is 17.4. The van der Waals surface area contributed by atoms with Crippen LogP contribution in [0, 0.1) is 26.7 Å². The number of benzene rings is 1. The summed E-state index contributed by atoms with van der Waals surface area (Å²) < 4.78 is 27.6. The number of hydrogen-bond donors (Lipinski definition) is 1. The molecular weight excluding hydrogens is 434 g/mol. The summed E-state index contributed by atoms with van der Waals surface area (Å²) in [6.45, 7) is 6.17. The van der Waals surface area contributed by atoms with Crippen molar-refractivity contribution in [2.45, 2.75) is 37.8 Å². The first-order valence-electron chi connectivity index (χ1n) is 10.3. The minimum Gasteiger partial charge on any atom is -0.336 e. The summed E-state index contributed by atoms with van der Waals surface area (Å²) in [7, 11) is -2.02. The van der Waals surface area contributed by atoms with E-state index in [1.165, 1.54) is 20.5 Å². The van der Waals surface area contributed by atoms with Crippen LogP contribution in [0.3, 0.4) is 0 Å². The molecule has 1 aliphatic rings. The van der Waals surface area contributed by atoms with E-state index in [9.17, 15) is 18.0 Å². The molecule has 0 saturated carbocycles. The van der Waals surface area contributed by atoms with E-state index in [0.29, 0.717) is 23.6 Å². The van der Waals surface area contributed by atoms with Gasteiger partial charge in [-0.25, -0.2) is 8.42 Å². The van der Waals surface area contributed by atoms with Crippen molar-refractivity contribution in [2.75, 3.05) is 32.0 Å². The van der Waals surface area contributed by atoms with Crippen molar-refractivity contribution in [2.24, 2.45) is 5.92 Å². The highest BCUT2D eigenvalue weighted by atomic mass is 32.2. The van der Waals surface area contributed by atoms with Gasteiger partial charge in [0.05, 0.1) is 12.5 Å².